The van der Waals surface area contributed by atoms with E-state index in [1.807, 2.05) is 25.1 Å². The molecule has 0 unspecified atom stereocenters. The van der Waals surface area contributed by atoms with Crippen molar-refractivity contribution in [3.05, 3.63) is 42.3 Å². The van der Waals surface area contributed by atoms with E-state index in [2.05, 4.69) is 24.2 Å². The first-order valence-electron chi connectivity index (χ1n) is 3.69. The van der Waals surface area contributed by atoms with Gasteiger partial charge in [0.15, 0.2) is 0 Å². The first-order chi connectivity index (χ1) is 5.74. The lowest BCUT2D eigenvalue weighted by atomic mass is 10.2. The number of rotatable bonds is 2. The van der Waals surface area contributed by atoms with Gasteiger partial charge in [-0.25, -0.2) is 0 Å². The summed E-state index contributed by atoms with van der Waals surface area (Å²) in [5, 5.41) is 0. The Labute approximate surface area is 78.3 Å². The van der Waals surface area contributed by atoms with E-state index in [1.54, 1.807) is 12.3 Å². The average molecular weight is 177 g/mol. The summed E-state index contributed by atoms with van der Waals surface area (Å²) in [6, 6.07) is 1.98. The number of aryl methyl sites for hydroxylation is 1. The zero-order valence-electron chi connectivity index (χ0n) is 6.99. The van der Waals surface area contributed by atoms with E-state index < -0.39 is 0 Å². The molecule has 0 amide bonds. The van der Waals surface area contributed by atoms with Crippen molar-refractivity contribution in [2.24, 2.45) is 0 Å². The van der Waals surface area contributed by atoms with Crippen LogP contribution in [0, 0.1) is 6.92 Å². The summed E-state index contributed by atoms with van der Waals surface area (Å²) in [4.78, 5) is 5.10. The summed E-state index contributed by atoms with van der Waals surface area (Å²) in [6.45, 7) is 5.60. The molecule has 1 aromatic rings. The van der Waals surface area contributed by atoms with Crippen molar-refractivity contribution in [3.8, 4) is 0 Å². The van der Waals surface area contributed by atoms with Gasteiger partial charge in [-0.1, -0.05) is 18.7 Å². The van der Waals surface area contributed by atoms with Crippen molar-refractivity contribution in [3.63, 3.8) is 0 Å². The van der Waals surface area contributed by atoms with E-state index in [4.69, 9.17) is 0 Å². The Morgan fingerprint density at radius 1 is 1.58 bits per heavy atom. The number of hydrogen-bond acceptors (Lipinski definition) is 2. The van der Waals surface area contributed by atoms with Crippen LogP contribution in [0.3, 0.4) is 0 Å². The molecule has 1 aromatic heterocycles. The molecule has 0 aliphatic carbocycles. The summed E-state index contributed by atoms with van der Waals surface area (Å²) in [5.41, 5.74) is 2.09. The monoisotopic (exact) mass is 177 g/mol. The maximum absolute atomic E-state index is 4.20. The SMILES string of the molecule is C=C/C=C\c1ncc(S)cc1C. The summed E-state index contributed by atoms with van der Waals surface area (Å²) >= 11 is 4.19. The molecule has 0 atom stereocenters. The summed E-state index contributed by atoms with van der Waals surface area (Å²) in [6.07, 6.45) is 7.26. The van der Waals surface area contributed by atoms with Crippen LogP contribution in [0.5, 0.6) is 0 Å². The van der Waals surface area contributed by atoms with Crippen LogP contribution in [0.1, 0.15) is 11.3 Å². The first kappa shape index (κ1) is 9.07. The third kappa shape index (κ3) is 2.24. The molecule has 0 N–H and O–H groups in total. The van der Waals surface area contributed by atoms with Gasteiger partial charge in [0, 0.05) is 11.1 Å². The molecule has 0 saturated carbocycles. The fourth-order valence-corrected chi connectivity index (χ4v) is 1.16. The molecule has 12 heavy (non-hydrogen) atoms. The van der Waals surface area contributed by atoms with Gasteiger partial charge in [0.05, 0.1) is 5.69 Å². The summed E-state index contributed by atoms with van der Waals surface area (Å²) < 4.78 is 0. The highest BCUT2D eigenvalue weighted by atomic mass is 32.1. The van der Waals surface area contributed by atoms with Gasteiger partial charge in [0.25, 0.3) is 0 Å². The zero-order valence-corrected chi connectivity index (χ0v) is 7.88. The molecular weight excluding hydrogens is 166 g/mol. The topological polar surface area (TPSA) is 12.9 Å². The van der Waals surface area contributed by atoms with Gasteiger partial charge in [-0.2, -0.15) is 0 Å². The number of nitrogens with zero attached hydrogens (tertiary/aromatic N) is 1. The van der Waals surface area contributed by atoms with Crippen LogP contribution in [0.15, 0.2) is 35.9 Å². The third-order valence-electron chi connectivity index (χ3n) is 1.49. The molecule has 0 spiro atoms. The highest BCUT2D eigenvalue weighted by Gasteiger charge is 1.94. The Morgan fingerprint density at radius 3 is 2.92 bits per heavy atom. The van der Waals surface area contributed by atoms with Crippen molar-refractivity contribution in [1.29, 1.82) is 0 Å². The van der Waals surface area contributed by atoms with Crippen LogP contribution < -0.4 is 0 Å². The Morgan fingerprint density at radius 2 is 2.33 bits per heavy atom. The van der Waals surface area contributed by atoms with Crippen molar-refractivity contribution in [2.45, 2.75) is 11.8 Å². The van der Waals surface area contributed by atoms with Gasteiger partial charge in [-0.3, -0.25) is 4.98 Å². The fourth-order valence-electron chi connectivity index (χ4n) is 0.904. The van der Waals surface area contributed by atoms with E-state index in [0.717, 1.165) is 16.2 Å². The molecule has 1 heterocycles. The Kier molecular flexibility index (Phi) is 3.11. The minimum absolute atomic E-state index is 0.892. The number of thiol groups is 1. The zero-order chi connectivity index (χ0) is 8.97. The van der Waals surface area contributed by atoms with Crippen LogP contribution in [0.25, 0.3) is 6.08 Å². The molecule has 0 radical (unpaired) electrons. The molecule has 0 saturated heterocycles. The largest absolute Gasteiger partial charge is 0.255 e. The standard InChI is InChI=1S/C10H11NS/c1-3-4-5-10-8(2)6-9(12)7-11-10/h3-7,12H,1H2,2H3/b5-4-. The van der Waals surface area contributed by atoms with Gasteiger partial charge in [-0.05, 0) is 24.6 Å². The van der Waals surface area contributed by atoms with E-state index >= 15 is 0 Å². The van der Waals surface area contributed by atoms with Crippen LogP contribution in [0.2, 0.25) is 0 Å². The number of aromatic nitrogens is 1. The number of hydrogen-bond donors (Lipinski definition) is 1. The van der Waals surface area contributed by atoms with Crippen LogP contribution in [-0.4, -0.2) is 4.98 Å². The van der Waals surface area contributed by atoms with E-state index in [-0.39, 0.29) is 0 Å². The van der Waals surface area contributed by atoms with Crippen LogP contribution in [-0.2, 0) is 0 Å². The molecule has 62 valence electrons. The predicted molar refractivity (Wildman–Crippen MR) is 55.5 cm³/mol. The smallest absolute Gasteiger partial charge is 0.0659 e. The second-order valence-electron chi connectivity index (χ2n) is 2.49. The molecule has 0 bridgehead atoms. The molecule has 1 rings (SSSR count). The lowest BCUT2D eigenvalue weighted by Gasteiger charge is -1.98. The molecule has 0 aromatic carbocycles. The van der Waals surface area contributed by atoms with Gasteiger partial charge < -0.3 is 0 Å². The predicted octanol–water partition coefficient (Wildman–Crippen LogP) is 2.88. The second kappa shape index (κ2) is 4.12. The second-order valence-corrected chi connectivity index (χ2v) is 3.01. The maximum atomic E-state index is 4.20. The normalized spacial score (nSPS) is 10.5. The van der Waals surface area contributed by atoms with Crippen molar-refractivity contribution < 1.29 is 0 Å². The van der Waals surface area contributed by atoms with E-state index in [1.165, 1.54) is 0 Å². The lowest BCUT2D eigenvalue weighted by molar-refractivity contribution is 1.17. The Balaban J connectivity index is 3.01. The highest BCUT2D eigenvalue weighted by Crippen LogP contribution is 2.11. The minimum Gasteiger partial charge on any atom is -0.255 e. The molecular formula is C10H11NS. The molecule has 0 aliphatic rings. The molecule has 2 heteroatoms. The van der Waals surface area contributed by atoms with Crippen LogP contribution in [0.4, 0.5) is 0 Å². The average Bonchev–Trinajstić information content (AvgIpc) is 2.03. The lowest BCUT2D eigenvalue weighted by Crippen LogP contribution is -1.85. The quantitative estimate of drug-likeness (QED) is 0.541. The van der Waals surface area contributed by atoms with Crippen molar-refractivity contribution in [2.75, 3.05) is 0 Å². The maximum Gasteiger partial charge on any atom is 0.0659 e. The fraction of sp³-hybridized carbons (Fsp3) is 0.100. The van der Waals surface area contributed by atoms with Gasteiger partial charge in [-0.15, -0.1) is 12.6 Å². The minimum atomic E-state index is 0.892. The first-order valence-corrected chi connectivity index (χ1v) is 4.13. The molecule has 0 fully saturated rings. The van der Waals surface area contributed by atoms with E-state index in [9.17, 15) is 0 Å². The van der Waals surface area contributed by atoms with E-state index in [0.29, 0.717) is 0 Å². The molecule has 0 aliphatic heterocycles. The summed E-state index contributed by atoms with van der Waals surface area (Å²) in [5.74, 6) is 0. The number of allylic oxidation sites excluding steroid dienone is 2. The third-order valence-corrected chi connectivity index (χ3v) is 1.74. The molecule has 1 nitrogen and oxygen atoms in total. The van der Waals surface area contributed by atoms with Gasteiger partial charge in [0.1, 0.15) is 0 Å². The van der Waals surface area contributed by atoms with Gasteiger partial charge >= 0.3 is 0 Å². The number of pyridine rings is 1. The Bertz CT molecular complexity index is 316. The van der Waals surface area contributed by atoms with Gasteiger partial charge in [0.2, 0.25) is 0 Å². The highest BCUT2D eigenvalue weighted by molar-refractivity contribution is 7.80. The summed E-state index contributed by atoms with van der Waals surface area (Å²) in [7, 11) is 0. The van der Waals surface area contributed by atoms with Crippen molar-refractivity contribution >= 4 is 18.7 Å². The van der Waals surface area contributed by atoms with Crippen molar-refractivity contribution in [1.82, 2.24) is 4.98 Å². The Hall–Kier alpha value is -1.02. The van der Waals surface area contributed by atoms with Crippen LogP contribution >= 0.6 is 12.6 Å².